The van der Waals surface area contributed by atoms with Gasteiger partial charge in [0.05, 0.1) is 24.3 Å². The molecule has 4 rings (SSSR count). The molecular weight excluding hydrogens is 352 g/mol. The van der Waals surface area contributed by atoms with Crippen molar-refractivity contribution in [2.45, 2.75) is 31.4 Å². The molecule has 0 bridgehead atoms. The van der Waals surface area contributed by atoms with E-state index in [1.54, 1.807) is 6.26 Å². The molecule has 3 aromatic rings. The summed E-state index contributed by atoms with van der Waals surface area (Å²) in [6.45, 7) is 4.13. The Morgan fingerprint density at radius 2 is 2.04 bits per heavy atom. The highest BCUT2D eigenvalue weighted by Crippen LogP contribution is 2.27. The number of carbonyl (C=O) groups excluding carboxylic acids is 1. The zero-order valence-electron chi connectivity index (χ0n) is 16.0. The van der Waals surface area contributed by atoms with Crippen LogP contribution in [0.4, 0.5) is 0 Å². The summed E-state index contributed by atoms with van der Waals surface area (Å²) in [4.78, 5) is 15.3. The lowest BCUT2D eigenvalue weighted by molar-refractivity contribution is -0.123. The molecule has 0 aliphatic carbocycles. The van der Waals surface area contributed by atoms with Gasteiger partial charge in [0.2, 0.25) is 5.91 Å². The molecule has 3 atom stereocenters. The van der Waals surface area contributed by atoms with Gasteiger partial charge >= 0.3 is 0 Å². The monoisotopic (exact) mass is 378 g/mol. The van der Waals surface area contributed by atoms with E-state index in [1.165, 1.54) is 0 Å². The first-order chi connectivity index (χ1) is 13.6. The van der Waals surface area contributed by atoms with Crippen LogP contribution in [0.15, 0.2) is 65.3 Å². The van der Waals surface area contributed by atoms with E-state index in [1.807, 2.05) is 61.5 Å². The van der Waals surface area contributed by atoms with Crippen LogP contribution >= 0.6 is 0 Å². The molecule has 1 fully saturated rings. The summed E-state index contributed by atoms with van der Waals surface area (Å²) in [7, 11) is 0. The summed E-state index contributed by atoms with van der Waals surface area (Å²) in [6, 6.07) is 17.6. The summed E-state index contributed by atoms with van der Waals surface area (Å²) in [5.41, 5.74) is 2.83. The minimum Gasteiger partial charge on any atom is -0.464 e. The molecule has 0 saturated carbocycles. The lowest BCUT2D eigenvalue weighted by atomic mass is 9.96. The normalized spacial score (nSPS) is 19.6. The number of nitrogens with one attached hydrogen (secondary N) is 1. The Labute approximate surface area is 165 Å². The molecule has 0 radical (unpaired) electrons. The zero-order valence-corrected chi connectivity index (χ0v) is 16.0. The third-order valence-corrected chi connectivity index (χ3v) is 5.60. The Hall–Kier alpha value is -2.63. The Balaban J connectivity index is 1.53. The van der Waals surface area contributed by atoms with E-state index < -0.39 is 0 Å². The zero-order chi connectivity index (χ0) is 19.5. The van der Waals surface area contributed by atoms with Gasteiger partial charge in [-0.1, -0.05) is 42.5 Å². The summed E-state index contributed by atoms with van der Waals surface area (Å²) >= 11 is 0. The van der Waals surface area contributed by atoms with Crippen molar-refractivity contribution in [1.29, 1.82) is 0 Å². The van der Waals surface area contributed by atoms with Crippen LogP contribution in [0.2, 0.25) is 0 Å². The molecule has 1 aliphatic rings. The first-order valence-corrected chi connectivity index (χ1v) is 9.83. The SMILES string of the molecule is CC(C(=O)NC(CN1CCC(O)C1)c1ccccc1)c1cccc2occc12. The highest BCUT2D eigenvalue weighted by molar-refractivity contribution is 5.90. The molecule has 1 saturated heterocycles. The fourth-order valence-corrected chi connectivity index (χ4v) is 3.99. The first kappa shape index (κ1) is 18.7. The molecule has 0 spiro atoms. The van der Waals surface area contributed by atoms with Crippen LogP contribution in [-0.4, -0.2) is 41.7 Å². The largest absolute Gasteiger partial charge is 0.464 e. The maximum atomic E-state index is 13.1. The van der Waals surface area contributed by atoms with Gasteiger partial charge in [0, 0.05) is 25.0 Å². The number of β-amino-alcohol motifs (C(OH)–C–C–N with tert-alkyl or cyclic N) is 1. The van der Waals surface area contributed by atoms with E-state index in [9.17, 15) is 9.90 Å². The second kappa shape index (κ2) is 8.17. The van der Waals surface area contributed by atoms with Gasteiger partial charge in [-0.2, -0.15) is 0 Å². The van der Waals surface area contributed by atoms with Crippen LogP contribution < -0.4 is 5.32 Å². The molecular formula is C23H26N2O3. The second-order valence-corrected chi connectivity index (χ2v) is 7.58. The number of likely N-dealkylation sites (tertiary alicyclic amines) is 1. The van der Waals surface area contributed by atoms with Crippen LogP contribution in [0.3, 0.4) is 0 Å². The average Bonchev–Trinajstić information content (AvgIpc) is 3.36. The number of aliphatic hydroxyl groups is 1. The van der Waals surface area contributed by atoms with Crippen molar-refractivity contribution in [3.8, 4) is 0 Å². The maximum Gasteiger partial charge on any atom is 0.227 e. The number of nitrogens with zero attached hydrogens (tertiary/aromatic N) is 1. The van der Waals surface area contributed by atoms with Crippen molar-refractivity contribution >= 4 is 16.9 Å². The molecule has 1 amide bonds. The van der Waals surface area contributed by atoms with Crippen LogP contribution in [0.1, 0.15) is 36.4 Å². The van der Waals surface area contributed by atoms with Gasteiger partial charge in [0.15, 0.2) is 0 Å². The van der Waals surface area contributed by atoms with Gasteiger partial charge in [-0.3, -0.25) is 9.69 Å². The summed E-state index contributed by atoms with van der Waals surface area (Å²) in [6.07, 6.45) is 2.17. The molecule has 3 unspecified atom stereocenters. The molecule has 28 heavy (non-hydrogen) atoms. The number of benzene rings is 2. The Bertz CT molecular complexity index is 937. The Morgan fingerprint density at radius 1 is 1.21 bits per heavy atom. The topological polar surface area (TPSA) is 65.7 Å². The van der Waals surface area contributed by atoms with Crippen molar-refractivity contribution in [3.63, 3.8) is 0 Å². The first-order valence-electron chi connectivity index (χ1n) is 9.83. The average molecular weight is 378 g/mol. The molecule has 1 aromatic heterocycles. The van der Waals surface area contributed by atoms with E-state index in [0.29, 0.717) is 13.1 Å². The van der Waals surface area contributed by atoms with E-state index >= 15 is 0 Å². The number of hydrogen-bond donors (Lipinski definition) is 2. The Kier molecular flexibility index (Phi) is 5.46. The van der Waals surface area contributed by atoms with Crippen molar-refractivity contribution in [3.05, 3.63) is 72.0 Å². The van der Waals surface area contributed by atoms with Crippen LogP contribution in [0.5, 0.6) is 0 Å². The van der Waals surface area contributed by atoms with Gasteiger partial charge in [-0.05, 0) is 36.6 Å². The van der Waals surface area contributed by atoms with Gasteiger partial charge in [-0.15, -0.1) is 0 Å². The molecule has 2 aromatic carbocycles. The standard InChI is InChI=1S/C23H26N2O3/c1-16(19-8-5-9-22-20(19)11-13-28-22)23(27)24-21(17-6-3-2-4-7-17)15-25-12-10-18(26)14-25/h2-9,11,13,16,18,21,26H,10,12,14-15H2,1H3,(H,24,27). The van der Waals surface area contributed by atoms with Gasteiger partial charge < -0.3 is 14.8 Å². The minimum absolute atomic E-state index is 0.0118. The van der Waals surface area contributed by atoms with E-state index in [0.717, 1.165) is 35.1 Å². The molecule has 1 aliphatic heterocycles. The highest BCUT2D eigenvalue weighted by atomic mass is 16.3. The highest BCUT2D eigenvalue weighted by Gasteiger charge is 2.27. The molecule has 5 heteroatoms. The third kappa shape index (κ3) is 3.96. The molecule has 2 heterocycles. The predicted octanol–water partition coefficient (Wildman–Crippen LogP) is 3.46. The maximum absolute atomic E-state index is 13.1. The second-order valence-electron chi connectivity index (χ2n) is 7.58. The quantitative estimate of drug-likeness (QED) is 0.689. The minimum atomic E-state index is -0.295. The van der Waals surface area contributed by atoms with E-state index in [-0.39, 0.29) is 24.0 Å². The number of carbonyl (C=O) groups is 1. The van der Waals surface area contributed by atoms with Gasteiger partial charge in [-0.25, -0.2) is 0 Å². The Morgan fingerprint density at radius 3 is 2.79 bits per heavy atom. The number of hydrogen-bond acceptors (Lipinski definition) is 4. The lowest BCUT2D eigenvalue weighted by Crippen LogP contribution is -2.39. The summed E-state index contributed by atoms with van der Waals surface area (Å²) < 4.78 is 5.48. The number of aliphatic hydroxyl groups excluding tert-OH is 1. The van der Waals surface area contributed by atoms with Crippen molar-refractivity contribution < 1.29 is 14.3 Å². The smallest absolute Gasteiger partial charge is 0.227 e. The fraction of sp³-hybridized carbons (Fsp3) is 0.348. The van der Waals surface area contributed by atoms with Crippen molar-refractivity contribution in [2.24, 2.45) is 0 Å². The predicted molar refractivity (Wildman–Crippen MR) is 109 cm³/mol. The summed E-state index contributed by atoms with van der Waals surface area (Å²) in [5.74, 6) is -0.307. The number of fused-ring (bicyclic) bond motifs is 1. The number of furan rings is 1. The van der Waals surface area contributed by atoms with E-state index in [2.05, 4.69) is 10.2 Å². The lowest BCUT2D eigenvalue weighted by Gasteiger charge is -2.26. The van der Waals surface area contributed by atoms with Gasteiger partial charge in [0.1, 0.15) is 5.58 Å². The fourth-order valence-electron chi connectivity index (χ4n) is 3.99. The number of rotatable bonds is 6. The van der Waals surface area contributed by atoms with Crippen LogP contribution in [0.25, 0.3) is 11.0 Å². The van der Waals surface area contributed by atoms with E-state index in [4.69, 9.17) is 4.42 Å². The molecule has 5 nitrogen and oxygen atoms in total. The number of amides is 1. The third-order valence-electron chi connectivity index (χ3n) is 5.60. The molecule has 146 valence electrons. The van der Waals surface area contributed by atoms with Gasteiger partial charge in [0.25, 0.3) is 0 Å². The van der Waals surface area contributed by atoms with Crippen molar-refractivity contribution in [2.75, 3.05) is 19.6 Å². The molecule has 2 N–H and O–H groups in total. The summed E-state index contributed by atoms with van der Waals surface area (Å²) in [5, 5.41) is 14.1. The van der Waals surface area contributed by atoms with Crippen LogP contribution in [0, 0.1) is 0 Å². The van der Waals surface area contributed by atoms with Crippen molar-refractivity contribution in [1.82, 2.24) is 10.2 Å². The van der Waals surface area contributed by atoms with Crippen LogP contribution in [-0.2, 0) is 4.79 Å².